The highest BCUT2D eigenvalue weighted by molar-refractivity contribution is 4.82. The Labute approximate surface area is 87.8 Å². The largest absolute Gasteiger partial charge is 0.330 e. The Hall–Kier alpha value is -0.0800. The molecule has 1 unspecified atom stereocenters. The van der Waals surface area contributed by atoms with Gasteiger partial charge in [-0.2, -0.15) is 0 Å². The van der Waals surface area contributed by atoms with E-state index in [1.165, 1.54) is 58.0 Å². The molecule has 1 heterocycles. The number of rotatable bonds is 6. The zero-order chi connectivity index (χ0) is 9.80. The Morgan fingerprint density at radius 3 is 2.71 bits per heavy atom. The van der Waals surface area contributed by atoms with Gasteiger partial charge < -0.3 is 10.6 Å². The fraction of sp³-hybridized carbons (Fsp3) is 1.00. The Balaban J connectivity index is 1.66. The molecular formula is C12H24N2. The lowest BCUT2D eigenvalue weighted by atomic mass is 10.1. The van der Waals surface area contributed by atoms with Gasteiger partial charge in [0.1, 0.15) is 0 Å². The van der Waals surface area contributed by atoms with Crippen LogP contribution in [-0.2, 0) is 0 Å². The minimum atomic E-state index is 0.868. The molecule has 82 valence electrons. The summed E-state index contributed by atoms with van der Waals surface area (Å²) in [6, 6.07) is 0.872. The van der Waals surface area contributed by atoms with Crippen molar-refractivity contribution in [2.24, 2.45) is 11.7 Å². The summed E-state index contributed by atoms with van der Waals surface area (Å²) in [5.41, 5.74) is 5.57. The van der Waals surface area contributed by atoms with E-state index in [9.17, 15) is 0 Å². The lowest BCUT2D eigenvalue weighted by Crippen LogP contribution is -2.31. The first-order valence-corrected chi connectivity index (χ1v) is 6.34. The van der Waals surface area contributed by atoms with Crippen LogP contribution in [0.2, 0.25) is 0 Å². The van der Waals surface area contributed by atoms with Crippen LogP contribution in [0.5, 0.6) is 0 Å². The molecule has 0 radical (unpaired) electrons. The molecule has 0 bridgehead atoms. The van der Waals surface area contributed by atoms with Gasteiger partial charge in [-0.25, -0.2) is 0 Å². The van der Waals surface area contributed by atoms with Gasteiger partial charge in [0.2, 0.25) is 0 Å². The summed E-state index contributed by atoms with van der Waals surface area (Å²) in [4.78, 5) is 2.72. The summed E-state index contributed by atoms with van der Waals surface area (Å²) >= 11 is 0. The molecule has 0 aromatic carbocycles. The molecule has 2 aliphatic rings. The van der Waals surface area contributed by atoms with Gasteiger partial charge in [-0.3, -0.25) is 0 Å². The number of nitrogens with two attached hydrogens (primary N) is 1. The Kier molecular flexibility index (Phi) is 3.82. The summed E-state index contributed by atoms with van der Waals surface area (Å²) in [6.45, 7) is 3.58. The van der Waals surface area contributed by atoms with Crippen LogP contribution < -0.4 is 5.73 Å². The molecule has 2 N–H and O–H groups in total. The summed E-state index contributed by atoms with van der Waals surface area (Å²) < 4.78 is 0. The van der Waals surface area contributed by atoms with E-state index in [0.29, 0.717) is 0 Å². The summed E-state index contributed by atoms with van der Waals surface area (Å²) in [7, 11) is 0. The molecule has 0 aromatic heterocycles. The van der Waals surface area contributed by atoms with Crippen molar-refractivity contribution in [1.82, 2.24) is 4.90 Å². The second-order valence-corrected chi connectivity index (χ2v) is 4.99. The van der Waals surface area contributed by atoms with Gasteiger partial charge in [-0.15, -0.1) is 0 Å². The van der Waals surface area contributed by atoms with Crippen LogP contribution in [0.4, 0.5) is 0 Å². The zero-order valence-electron chi connectivity index (χ0n) is 9.25. The van der Waals surface area contributed by atoms with E-state index in [1.807, 2.05) is 0 Å². The molecule has 1 aliphatic heterocycles. The predicted molar refractivity (Wildman–Crippen MR) is 60.2 cm³/mol. The van der Waals surface area contributed by atoms with Crippen LogP contribution in [-0.4, -0.2) is 30.6 Å². The Bertz CT molecular complexity index is 166. The van der Waals surface area contributed by atoms with Crippen molar-refractivity contribution in [1.29, 1.82) is 0 Å². The van der Waals surface area contributed by atoms with E-state index in [-0.39, 0.29) is 0 Å². The van der Waals surface area contributed by atoms with Crippen LogP contribution in [0.15, 0.2) is 0 Å². The van der Waals surface area contributed by atoms with Gasteiger partial charge in [-0.05, 0) is 57.7 Å². The van der Waals surface area contributed by atoms with E-state index in [2.05, 4.69) is 4.90 Å². The van der Waals surface area contributed by atoms with Crippen molar-refractivity contribution >= 4 is 0 Å². The SMILES string of the molecule is NCCCC1CCCN1CCC1CC1. The number of likely N-dealkylation sites (tertiary alicyclic amines) is 1. The number of hydrogen-bond donors (Lipinski definition) is 1. The van der Waals surface area contributed by atoms with Crippen molar-refractivity contribution in [3.63, 3.8) is 0 Å². The molecule has 0 amide bonds. The maximum Gasteiger partial charge on any atom is 0.00962 e. The summed E-state index contributed by atoms with van der Waals surface area (Å²) in [5, 5.41) is 0. The summed E-state index contributed by atoms with van der Waals surface area (Å²) in [5.74, 6) is 1.09. The van der Waals surface area contributed by atoms with Gasteiger partial charge in [0.05, 0.1) is 0 Å². The first kappa shape index (κ1) is 10.4. The average Bonchev–Trinajstić information content (AvgIpc) is 2.92. The van der Waals surface area contributed by atoms with Crippen LogP contribution in [0, 0.1) is 5.92 Å². The molecule has 2 heteroatoms. The third-order valence-corrected chi connectivity index (χ3v) is 3.76. The lowest BCUT2D eigenvalue weighted by molar-refractivity contribution is 0.234. The van der Waals surface area contributed by atoms with Gasteiger partial charge >= 0.3 is 0 Å². The van der Waals surface area contributed by atoms with Crippen LogP contribution in [0.1, 0.15) is 44.9 Å². The van der Waals surface area contributed by atoms with E-state index in [0.717, 1.165) is 18.5 Å². The van der Waals surface area contributed by atoms with Gasteiger partial charge in [0.15, 0.2) is 0 Å². The zero-order valence-corrected chi connectivity index (χ0v) is 9.25. The monoisotopic (exact) mass is 196 g/mol. The standard InChI is InChI=1S/C12H24N2/c13-8-1-3-12-4-2-9-14(12)10-7-11-5-6-11/h11-12H,1-10,13H2. The summed E-state index contributed by atoms with van der Waals surface area (Å²) in [6.07, 6.45) is 9.85. The highest BCUT2D eigenvalue weighted by Gasteiger charge is 2.27. The molecule has 0 spiro atoms. The smallest absolute Gasteiger partial charge is 0.00962 e. The van der Waals surface area contributed by atoms with Crippen molar-refractivity contribution < 1.29 is 0 Å². The van der Waals surface area contributed by atoms with Crippen molar-refractivity contribution in [3.8, 4) is 0 Å². The fourth-order valence-electron chi connectivity index (χ4n) is 2.62. The third-order valence-electron chi connectivity index (χ3n) is 3.76. The van der Waals surface area contributed by atoms with E-state index in [1.54, 1.807) is 0 Å². The molecule has 14 heavy (non-hydrogen) atoms. The first-order valence-electron chi connectivity index (χ1n) is 6.34. The normalized spacial score (nSPS) is 28.5. The molecule has 1 aliphatic carbocycles. The maximum absolute atomic E-state index is 5.57. The van der Waals surface area contributed by atoms with Crippen molar-refractivity contribution in [2.75, 3.05) is 19.6 Å². The first-order chi connectivity index (χ1) is 6.90. The van der Waals surface area contributed by atoms with Gasteiger partial charge in [-0.1, -0.05) is 12.8 Å². The minimum absolute atomic E-state index is 0.868. The Morgan fingerprint density at radius 1 is 1.14 bits per heavy atom. The minimum Gasteiger partial charge on any atom is -0.330 e. The van der Waals surface area contributed by atoms with E-state index < -0.39 is 0 Å². The maximum atomic E-state index is 5.57. The van der Waals surface area contributed by atoms with E-state index in [4.69, 9.17) is 5.73 Å². The highest BCUT2D eigenvalue weighted by atomic mass is 15.2. The second-order valence-electron chi connectivity index (χ2n) is 4.99. The molecule has 2 nitrogen and oxygen atoms in total. The topological polar surface area (TPSA) is 29.3 Å². The number of hydrogen-bond acceptors (Lipinski definition) is 2. The molecule has 2 rings (SSSR count). The molecule has 1 atom stereocenters. The quantitative estimate of drug-likeness (QED) is 0.704. The predicted octanol–water partition coefficient (Wildman–Crippen LogP) is 1.99. The van der Waals surface area contributed by atoms with Crippen LogP contribution in [0.3, 0.4) is 0 Å². The highest BCUT2D eigenvalue weighted by Crippen LogP contribution is 2.33. The molecule has 0 aromatic rings. The number of nitrogens with zero attached hydrogens (tertiary/aromatic N) is 1. The Morgan fingerprint density at radius 2 is 2.00 bits per heavy atom. The fourth-order valence-corrected chi connectivity index (χ4v) is 2.62. The molecule has 1 saturated carbocycles. The molecule has 2 fully saturated rings. The van der Waals surface area contributed by atoms with Gasteiger partial charge in [0.25, 0.3) is 0 Å². The molecule has 1 saturated heterocycles. The van der Waals surface area contributed by atoms with Crippen molar-refractivity contribution in [3.05, 3.63) is 0 Å². The lowest BCUT2D eigenvalue weighted by Gasteiger charge is -2.24. The van der Waals surface area contributed by atoms with Crippen LogP contribution >= 0.6 is 0 Å². The van der Waals surface area contributed by atoms with Crippen molar-refractivity contribution in [2.45, 2.75) is 51.0 Å². The third kappa shape index (κ3) is 2.96. The van der Waals surface area contributed by atoms with Gasteiger partial charge in [0, 0.05) is 6.04 Å². The van der Waals surface area contributed by atoms with E-state index >= 15 is 0 Å². The molecular weight excluding hydrogens is 172 g/mol. The van der Waals surface area contributed by atoms with Crippen LogP contribution in [0.25, 0.3) is 0 Å². The average molecular weight is 196 g/mol. The second kappa shape index (κ2) is 5.13.